The Kier molecular flexibility index (Phi) is 2.55. The van der Waals surface area contributed by atoms with Crippen LogP contribution in [0.1, 0.15) is 25.8 Å². The first-order valence-electron chi connectivity index (χ1n) is 5.89. The summed E-state index contributed by atoms with van der Waals surface area (Å²) in [7, 11) is 0. The SMILES string of the molecule is CCC1CC1n1c(-c2ccccn2)n[nH]c1=S. The van der Waals surface area contributed by atoms with E-state index >= 15 is 0 Å². The summed E-state index contributed by atoms with van der Waals surface area (Å²) in [6, 6.07) is 6.34. The maximum Gasteiger partial charge on any atom is 0.195 e. The molecule has 0 spiro atoms. The molecular formula is C12H14N4S. The molecule has 0 radical (unpaired) electrons. The van der Waals surface area contributed by atoms with Crippen molar-refractivity contribution >= 4 is 12.2 Å². The molecule has 0 bridgehead atoms. The number of rotatable bonds is 3. The van der Waals surface area contributed by atoms with Crippen molar-refractivity contribution in [2.45, 2.75) is 25.8 Å². The van der Waals surface area contributed by atoms with Gasteiger partial charge in [-0.15, -0.1) is 0 Å². The first-order chi connectivity index (χ1) is 8.31. The van der Waals surface area contributed by atoms with Crippen LogP contribution in [0.25, 0.3) is 11.5 Å². The molecule has 0 aromatic carbocycles. The zero-order chi connectivity index (χ0) is 11.8. The van der Waals surface area contributed by atoms with Gasteiger partial charge in [0.1, 0.15) is 5.69 Å². The van der Waals surface area contributed by atoms with Gasteiger partial charge in [-0.05, 0) is 36.7 Å². The standard InChI is InChI=1S/C12H14N4S/c1-2-8-7-10(8)16-11(14-15-12(16)17)9-5-3-4-6-13-9/h3-6,8,10H,2,7H2,1H3,(H,15,17). The van der Waals surface area contributed by atoms with Crippen molar-refractivity contribution in [3.05, 3.63) is 29.2 Å². The Balaban J connectivity index is 2.05. The minimum Gasteiger partial charge on any atom is -0.295 e. The first-order valence-corrected chi connectivity index (χ1v) is 6.30. The van der Waals surface area contributed by atoms with Crippen molar-refractivity contribution in [1.82, 2.24) is 19.7 Å². The van der Waals surface area contributed by atoms with Gasteiger partial charge >= 0.3 is 0 Å². The van der Waals surface area contributed by atoms with Crippen molar-refractivity contribution in [3.63, 3.8) is 0 Å². The van der Waals surface area contributed by atoms with Gasteiger partial charge in [0.25, 0.3) is 0 Å². The van der Waals surface area contributed by atoms with E-state index in [-0.39, 0.29) is 0 Å². The average Bonchev–Trinajstić information content (AvgIpc) is 3.05. The zero-order valence-electron chi connectivity index (χ0n) is 9.63. The third-order valence-electron chi connectivity index (χ3n) is 3.34. The van der Waals surface area contributed by atoms with Gasteiger partial charge < -0.3 is 0 Å². The number of pyridine rings is 1. The fourth-order valence-electron chi connectivity index (χ4n) is 2.27. The minimum absolute atomic E-state index is 0.503. The van der Waals surface area contributed by atoms with E-state index in [1.165, 1.54) is 12.8 Å². The summed E-state index contributed by atoms with van der Waals surface area (Å²) in [5.41, 5.74) is 0.876. The largest absolute Gasteiger partial charge is 0.295 e. The molecule has 1 aliphatic carbocycles. The van der Waals surface area contributed by atoms with Crippen LogP contribution in [0, 0.1) is 10.7 Å². The molecular weight excluding hydrogens is 232 g/mol. The number of aromatic amines is 1. The maximum atomic E-state index is 5.31. The van der Waals surface area contributed by atoms with E-state index in [1.54, 1.807) is 6.20 Å². The Labute approximate surface area is 105 Å². The van der Waals surface area contributed by atoms with E-state index in [9.17, 15) is 0 Å². The van der Waals surface area contributed by atoms with E-state index in [2.05, 4.69) is 26.7 Å². The van der Waals surface area contributed by atoms with Crippen molar-refractivity contribution in [2.24, 2.45) is 5.92 Å². The van der Waals surface area contributed by atoms with E-state index in [1.807, 2.05) is 18.2 Å². The summed E-state index contributed by atoms with van der Waals surface area (Å²) in [5.74, 6) is 1.60. The molecule has 0 aliphatic heterocycles. The normalized spacial score (nSPS) is 22.6. The average molecular weight is 246 g/mol. The van der Waals surface area contributed by atoms with Gasteiger partial charge in [0.05, 0.1) is 0 Å². The molecule has 2 atom stereocenters. The number of hydrogen-bond acceptors (Lipinski definition) is 3. The van der Waals surface area contributed by atoms with Gasteiger partial charge in [-0.1, -0.05) is 19.4 Å². The van der Waals surface area contributed by atoms with Crippen LogP contribution in [0.5, 0.6) is 0 Å². The Hall–Kier alpha value is -1.49. The predicted octanol–water partition coefficient (Wildman–Crippen LogP) is 2.97. The topological polar surface area (TPSA) is 46.5 Å². The van der Waals surface area contributed by atoms with E-state index in [0.717, 1.165) is 17.4 Å². The highest BCUT2D eigenvalue weighted by Gasteiger charge is 2.39. The Morgan fingerprint density at radius 1 is 1.53 bits per heavy atom. The molecule has 2 unspecified atom stereocenters. The number of aromatic nitrogens is 4. The van der Waals surface area contributed by atoms with Crippen molar-refractivity contribution in [2.75, 3.05) is 0 Å². The molecule has 1 N–H and O–H groups in total. The maximum absolute atomic E-state index is 5.31. The number of nitrogens with one attached hydrogen (secondary N) is 1. The molecule has 2 aromatic heterocycles. The van der Waals surface area contributed by atoms with Crippen LogP contribution in [-0.4, -0.2) is 19.7 Å². The molecule has 1 aliphatic rings. The highest BCUT2D eigenvalue weighted by atomic mass is 32.1. The van der Waals surface area contributed by atoms with Gasteiger partial charge in [0.15, 0.2) is 10.6 Å². The summed E-state index contributed by atoms with van der Waals surface area (Å²) < 4.78 is 2.82. The summed E-state index contributed by atoms with van der Waals surface area (Å²) >= 11 is 5.31. The molecule has 5 heteroatoms. The number of H-pyrrole nitrogens is 1. The van der Waals surface area contributed by atoms with E-state index < -0.39 is 0 Å². The number of nitrogens with zero attached hydrogens (tertiary/aromatic N) is 3. The third kappa shape index (κ3) is 1.80. The molecule has 2 heterocycles. The van der Waals surface area contributed by atoms with Crippen LogP contribution in [0.2, 0.25) is 0 Å². The van der Waals surface area contributed by atoms with Crippen LogP contribution in [0.4, 0.5) is 0 Å². The fourth-order valence-corrected chi connectivity index (χ4v) is 2.54. The second-order valence-corrected chi connectivity index (χ2v) is 4.80. The predicted molar refractivity (Wildman–Crippen MR) is 68.1 cm³/mol. The molecule has 0 amide bonds. The summed E-state index contributed by atoms with van der Waals surface area (Å²) in [6.07, 6.45) is 4.17. The highest BCUT2D eigenvalue weighted by molar-refractivity contribution is 7.71. The highest BCUT2D eigenvalue weighted by Crippen LogP contribution is 2.46. The number of hydrogen-bond donors (Lipinski definition) is 1. The second-order valence-electron chi connectivity index (χ2n) is 4.41. The lowest BCUT2D eigenvalue weighted by molar-refractivity contribution is 0.637. The van der Waals surface area contributed by atoms with Crippen molar-refractivity contribution in [3.8, 4) is 11.5 Å². The van der Waals surface area contributed by atoms with Gasteiger partial charge in [0, 0.05) is 12.2 Å². The molecule has 4 nitrogen and oxygen atoms in total. The minimum atomic E-state index is 0.503. The molecule has 0 saturated heterocycles. The van der Waals surface area contributed by atoms with Gasteiger partial charge in [-0.2, -0.15) is 5.10 Å². The molecule has 17 heavy (non-hydrogen) atoms. The zero-order valence-corrected chi connectivity index (χ0v) is 10.4. The Morgan fingerprint density at radius 3 is 3.06 bits per heavy atom. The second kappa shape index (κ2) is 4.07. The molecule has 3 rings (SSSR count). The van der Waals surface area contributed by atoms with Gasteiger partial charge in [0.2, 0.25) is 0 Å². The summed E-state index contributed by atoms with van der Waals surface area (Å²) in [4.78, 5) is 4.33. The molecule has 1 saturated carbocycles. The molecule has 88 valence electrons. The van der Waals surface area contributed by atoms with Crippen LogP contribution in [0.15, 0.2) is 24.4 Å². The van der Waals surface area contributed by atoms with E-state index in [4.69, 9.17) is 12.2 Å². The van der Waals surface area contributed by atoms with Crippen LogP contribution < -0.4 is 0 Å². The Morgan fingerprint density at radius 2 is 2.41 bits per heavy atom. The van der Waals surface area contributed by atoms with Crippen molar-refractivity contribution in [1.29, 1.82) is 0 Å². The van der Waals surface area contributed by atoms with Gasteiger partial charge in [-0.25, -0.2) is 0 Å². The van der Waals surface area contributed by atoms with Gasteiger partial charge in [-0.3, -0.25) is 14.6 Å². The van der Waals surface area contributed by atoms with Crippen LogP contribution >= 0.6 is 12.2 Å². The fraction of sp³-hybridized carbons (Fsp3) is 0.417. The van der Waals surface area contributed by atoms with Crippen LogP contribution in [0.3, 0.4) is 0 Å². The molecule has 2 aromatic rings. The lowest BCUT2D eigenvalue weighted by atomic mass is 10.3. The smallest absolute Gasteiger partial charge is 0.195 e. The lowest BCUT2D eigenvalue weighted by Crippen LogP contribution is -2.00. The summed E-state index contributed by atoms with van der Waals surface area (Å²) in [5, 5.41) is 7.18. The summed E-state index contributed by atoms with van der Waals surface area (Å²) in [6.45, 7) is 2.22. The van der Waals surface area contributed by atoms with Crippen molar-refractivity contribution < 1.29 is 0 Å². The quantitative estimate of drug-likeness (QED) is 0.847. The monoisotopic (exact) mass is 246 g/mol. The Bertz CT molecular complexity index is 572. The first kappa shape index (κ1) is 10.7. The molecule has 1 fully saturated rings. The van der Waals surface area contributed by atoms with Crippen LogP contribution in [-0.2, 0) is 0 Å². The lowest BCUT2D eigenvalue weighted by Gasteiger charge is -2.04. The van der Waals surface area contributed by atoms with E-state index in [0.29, 0.717) is 10.8 Å². The third-order valence-corrected chi connectivity index (χ3v) is 3.63.